The molecular weight excluding hydrogens is 732 g/mol. The molecule has 0 heterocycles. The Morgan fingerprint density at radius 1 is 0.596 bits per heavy atom. The maximum absolute atomic E-state index is 12.8. The molecule has 1 amide bonds. The third kappa shape index (κ3) is 41.6. The van der Waals surface area contributed by atoms with Crippen molar-refractivity contribution in [2.45, 2.75) is 193 Å². The van der Waals surface area contributed by atoms with Crippen LogP contribution in [0, 0.1) is 0 Å². The molecule has 0 aliphatic heterocycles. The Kier molecular flexibility index (Phi) is 41.5. The molecule has 3 atom stereocenters. The summed E-state index contributed by atoms with van der Waals surface area (Å²) in [6.07, 6.45) is 57.4. The number of carbonyl (C=O) groups excluding carboxylic acids is 1. The van der Waals surface area contributed by atoms with Crippen molar-refractivity contribution in [2.24, 2.45) is 5.73 Å². The highest BCUT2D eigenvalue weighted by molar-refractivity contribution is 7.47. The molecule has 0 rings (SSSR count). The summed E-state index contributed by atoms with van der Waals surface area (Å²) in [5.74, 6) is -0.222. The van der Waals surface area contributed by atoms with Crippen molar-refractivity contribution >= 4 is 13.7 Å². The molecule has 5 N–H and O–H groups in total. The van der Waals surface area contributed by atoms with Crippen LogP contribution in [-0.2, 0) is 18.4 Å². The SMILES string of the molecule is CC/C=C\C/C=C\C/C=C\C/C=C\C/C=C\C/C=C\C/C=C\CCCC(=O)NC(COP(=O)(O)OCCN)C(O)CCCCCCCCCCCCCCCCC. The number of nitrogens with one attached hydrogen (secondary N) is 1. The van der Waals surface area contributed by atoms with E-state index >= 15 is 0 Å². The highest BCUT2D eigenvalue weighted by Crippen LogP contribution is 2.43. The van der Waals surface area contributed by atoms with Gasteiger partial charge < -0.3 is 21.1 Å². The fraction of sp³-hybridized carbons (Fsp3) is 0.688. The zero-order chi connectivity index (χ0) is 41.8. The largest absolute Gasteiger partial charge is 0.472 e. The van der Waals surface area contributed by atoms with Crippen molar-refractivity contribution in [3.63, 3.8) is 0 Å². The summed E-state index contributed by atoms with van der Waals surface area (Å²) < 4.78 is 22.2. The molecule has 0 fully saturated rings. The van der Waals surface area contributed by atoms with Gasteiger partial charge in [-0.2, -0.15) is 0 Å². The van der Waals surface area contributed by atoms with E-state index in [-0.39, 0.29) is 32.1 Å². The summed E-state index contributed by atoms with van der Waals surface area (Å²) in [5, 5.41) is 13.8. The Bertz CT molecular complexity index is 1160. The second-order valence-electron chi connectivity index (χ2n) is 14.9. The fourth-order valence-electron chi connectivity index (χ4n) is 6.12. The van der Waals surface area contributed by atoms with Crippen LogP contribution in [0.3, 0.4) is 0 Å². The van der Waals surface area contributed by atoms with Gasteiger partial charge in [0.2, 0.25) is 5.91 Å². The molecule has 57 heavy (non-hydrogen) atoms. The van der Waals surface area contributed by atoms with E-state index in [0.29, 0.717) is 12.8 Å². The predicted molar refractivity (Wildman–Crippen MR) is 244 cm³/mol. The lowest BCUT2D eigenvalue weighted by molar-refractivity contribution is -0.123. The standard InChI is InChI=1S/C48H85N2O6P/c1-3-5-7-9-11-13-15-17-19-20-21-22-23-24-25-26-28-30-32-34-36-38-40-42-48(52)50-46(45-56-57(53,54)55-44-43-49)47(51)41-39-37-35-33-31-29-27-18-16-14-12-10-8-6-4-2/h5,7,11,13,17,19,21-22,24-25,28,30,34,36,46-47,51H,3-4,6,8-10,12,14-16,18,20,23,26-27,29,31-33,35,37-45,49H2,1-2H3,(H,50,52)(H,53,54)/b7-5-,13-11-,19-17-,22-21-,25-24-,30-28-,36-34-. The summed E-state index contributed by atoms with van der Waals surface area (Å²) in [7, 11) is -4.34. The van der Waals surface area contributed by atoms with Crippen LogP contribution in [0.4, 0.5) is 0 Å². The molecule has 0 radical (unpaired) electrons. The van der Waals surface area contributed by atoms with Crippen LogP contribution in [0.1, 0.15) is 181 Å². The zero-order valence-corrected chi connectivity index (χ0v) is 37.2. The number of rotatable bonds is 41. The van der Waals surface area contributed by atoms with Crippen molar-refractivity contribution in [3.05, 3.63) is 85.1 Å². The van der Waals surface area contributed by atoms with Crippen LogP contribution in [0.5, 0.6) is 0 Å². The Balaban J connectivity index is 4.28. The summed E-state index contributed by atoms with van der Waals surface area (Å²) in [5.41, 5.74) is 5.38. The lowest BCUT2D eigenvalue weighted by Gasteiger charge is -2.25. The molecule has 0 bridgehead atoms. The van der Waals surface area contributed by atoms with E-state index in [9.17, 15) is 19.4 Å². The number of allylic oxidation sites excluding steroid dienone is 14. The van der Waals surface area contributed by atoms with Crippen LogP contribution in [0.25, 0.3) is 0 Å². The van der Waals surface area contributed by atoms with E-state index in [1.807, 2.05) is 0 Å². The minimum atomic E-state index is -4.34. The molecule has 0 aromatic rings. The summed E-state index contributed by atoms with van der Waals surface area (Å²) in [6.45, 7) is 4.04. The van der Waals surface area contributed by atoms with Gasteiger partial charge in [-0.3, -0.25) is 13.8 Å². The molecule has 0 aliphatic carbocycles. The third-order valence-electron chi connectivity index (χ3n) is 9.51. The summed E-state index contributed by atoms with van der Waals surface area (Å²) >= 11 is 0. The smallest absolute Gasteiger partial charge is 0.391 e. The second-order valence-corrected chi connectivity index (χ2v) is 16.3. The van der Waals surface area contributed by atoms with Gasteiger partial charge >= 0.3 is 7.82 Å². The number of aliphatic hydroxyl groups excluding tert-OH is 1. The van der Waals surface area contributed by atoms with Gasteiger partial charge in [0.05, 0.1) is 25.4 Å². The molecule has 328 valence electrons. The number of unbranched alkanes of at least 4 members (excludes halogenated alkanes) is 15. The minimum absolute atomic E-state index is 0.0751. The van der Waals surface area contributed by atoms with Crippen molar-refractivity contribution in [3.8, 4) is 0 Å². The quantitative estimate of drug-likeness (QED) is 0.0274. The number of nitrogens with two attached hydrogens (primary N) is 1. The van der Waals surface area contributed by atoms with Gasteiger partial charge in [-0.25, -0.2) is 4.57 Å². The van der Waals surface area contributed by atoms with Gasteiger partial charge in [0.25, 0.3) is 0 Å². The van der Waals surface area contributed by atoms with Gasteiger partial charge in [0.1, 0.15) is 0 Å². The first-order chi connectivity index (χ1) is 27.9. The second kappa shape index (κ2) is 43.3. The van der Waals surface area contributed by atoms with Gasteiger partial charge in [-0.15, -0.1) is 0 Å². The highest BCUT2D eigenvalue weighted by Gasteiger charge is 2.27. The van der Waals surface area contributed by atoms with E-state index in [2.05, 4.69) is 104 Å². The van der Waals surface area contributed by atoms with Crippen molar-refractivity contribution in [1.82, 2.24) is 5.32 Å². The number of hydrogen-bond donors (Lipinski definition) is 4. The Morgan fingerprint density at radius 3 is 1.42 bits per heavy atom. The average Bonchev–Trinajstić information content (AvgIpc) is 3.20. The van der Waals surface area contributed by atoms with Gasteiger partial charge in [-0.05, 0) is 64.2 Å². The van der Waals surface area contributed by atoms with E-state index < -0.39 is 20.0 Å². The van der Waals surface area contributed by atoms with Crippen molar-refractivity contribution in [1.29, 1.82) is 0 Å². The van der Waals surface area contributed by atoms with Crippen molar-refractivity contribution < 1.29 is 28.4 Å². The Labute approximate surface area is 349 Å². The van der Waals surface area contributed by atoms with Gasteiger partial charge in [-0.1, -0.05) is 195 Å². The number of carbonyl (C=O) groups is 1. The maximum atomic E-state index is 12.8. The number of hydrogen-bond acceptors (Lipinski definition) is 6. The van der Waals surface area contributed by atoms with E-state index in [1.54, 1.807) is 0 Å². The zero-order valence-electron chi connectivity index (χ0n) is 36.3. The van der Waals surface area contributed by atoms with Gasteiger partial charge in [0, 0.05) is 13.0 Å². The van der Waals surface area contributed by atoms with Crippen LogP contribution < -0.4 is 11.1 Å². The molecule has 0 aromatic carbocycles. The molecule has 0 saturated carbocycles. The number of aliphatic hydroxyl groups is 1. The molecule has 0 spiro atoms. The normalized spacial score (nSPS) is 14.8. The topological polar surface area (TPSA) is 131 Å². The Hall–Kier alpha value is -2.32. The van der Waals surface area contributed by atoms with Crippen LogP contribution in [-0.4, -0.2) is 47.8 Å². The van der Waals surface area contributed by atoms with Crippen LogP contribution in [0.2, 0.25) is 0 Å². The van der Waals surface area contributed by atoms with Gasteiger partial charge in [0.15, 0.2) is 0 Å². The van der Waals surface area contributed by atoms with Crippen LogP contribution >= 0.6 is 7.82 Å². The maximum Gasteiger partial charge on any atom is 0.472 e. The molecule has 8 nitrogen and oxygen atoms in total. The molecule has 0 saturated heterocycles. The summed E-state index contributed by atoms with van der Waals surface area (Å²) in [6, 6.07) is -0.810. The lowest BCUT2D eigenvalue weighted by Crippen LogP contribution is -2.46. The lowest BCUT2D eigenvalue weighted by atomic mass is 10.0. The summed E-state index contributed by atoms with van der Waals surface area (Å²) in [4.78, 5) is 22.7. The van der Waals surface area contributed by atoms with E-state index in [1.165, 1.54) is 77.0 Å². The number of amides is 1. The highest BCUT2D eigenvalue weighted by atomic mass is 31.2. The number of phosphoric ester groups is 1. The predicted octanol–water partition coefficient (Wildman–Crippen LogP) is 13.0. The van der Waals surface area contributed by atoms with E-state index in [4.69, 9.17) is 14.8 Å². The first-order valence-electron chi connectivity index (χ1n) is 22.7. The van der Waals surface area contributed by atoms with Crippen LogP contribution in [0.15, 0.2) is 85.1 Å². The monoisotopic (exact) mass is 817 g/mol. The number of phosphoric acid groups is 1. The van der Waals surface area contributed by atoms with E-state index in [0.717, 1.165) is 70.6 Å². The fourth-order valence-corrected chi connectivity index (χ4v) is 6.88. The first-order valence-corrected chi connectivity index (χ1v) is 24.2. The molecule has 3 unspecified atom stereocenters. The minimum Gasteiger partial charge on any atom is -0.391 e. The molecule has 0 aliphatic rings. The third-order valence-corrected chi connectivity index (χ3v) is 10.5. The first kappa shape index (κ1) is 54.7. The van der Waals surface area contributed by atoms with Crippen molar-refractivity contribution in [2.75, 3.05) is 19.8 Å². The molecular formula is C48H85N2O6P. The Morgan fingerprint density at radius 2 is 1.00 bits per heavy atom. The average molecular weight is 817 g/mol. The molecule has 0 aromatic heterocycles. The molecule has 9 heteroatoms.